The summed E-state index contributed by atoms with van der Waals surface area (Å²) >= 11 is 0. The monoisotopic (exact) mass is 287 g/mol. The minimum absolute atomic E-state index is 0.314. The first-order valence-electron chi connectivity index (χ1n) is 7.16. The molecule has 106 valence electrons. The highest BCUT2D eigenvalue weighted by Crippen LogP contribution is 2.22. The summed E-state index contributed by atoms with van der Waals surface area (Å²) in [6.45, 7) is 0. The van der Waals surface area contributed by atoms with Crippen LogP contribution in [-0.2, 0) is 6.42 Å². The summed E-state index contributed by atoms with van der Waals surface area (Å²) in [5, 5.41) is 2.33. The lowest BCUT2D eigenvalue weighted by Gasteiger charge is -2.05. The molecule has 3 nitrogen and oxygen atoms in total. The maximum absolute atomic E-state index is 12.2. The summed E-state index contributed by atoms with van der Waals surface area (Å²) < 4.78 is 5.40. The highest BCUT2D eigenvalue weighted by Gasteiger charge is 2.08. The second-order valence-corrected chi connectivity index (χ2v) is 5.27. The number of nitrogens with zero attached hydrogens (tertiary/aromatic N) is 1. The van der Waals surface area contributed by atoms with Crippen LogP contribution < -0.4 is 5.63 Å². The molecule has 0 fully saturated rings. The first kappa shape index (κ1) is 12.8. The number of hydrogen-bond acceptors (Lipinski definition) is 3. The van der Waals surface area contributed by atoms with Crippen LogP contribution in [0.3, 0.4) is 0 Å². The lowest BCUT2D eigenvalue weighted by Crippen LogP contribution is -2.02. The normalized spacial score (nSPS) is 11.1. The second kappa shape index (κ2) is 5.11. The highest BCUT2D eigenvalue weighted by atomic mass is 16.4. The summed E-state index contributed by atoms with van der Waals surface area (Å²) in [5.41, 5.74) is 2.31. The number of hydrogen-bond donors (Lipinski definition) is 0. The van der Waals surface area contributed by atoms with Gasteiger partial charge < -0.3 is 4.42 Å². The first-order chi connectivity index (χ1) is 10.8. The van der Waals surface area contributed by atoms with E-state index in [1.165, 1.54) is 5.56 Å². The van der Waals surface area contributed by atoms with Crippen molar-refractivity contribution in [2.24, 2.45) is 0 Å². The Morgan fingerprint density at radius 2 is 1.64 bits per heavy atom. The molecule has 2 aromatic carbocycles. The molecule has 0 saturated carbocycles. The molecule has 22 heavy (non-hydrogen) atoms. The van der Waals surface area contributed by atoms with Crippen molar-refractivity contribution < 1.29 is 4.42 Å². The summed E-state index contributed by atoms with van der Waals surface area (Å²) in [4.78, 5) is 16.7. The number of benzene rings is 2. The van der Waals surface area contributed by atoms with Gasteiger partial charge in [0.05, 0.1) is 5.39 Å². The zero-order chi connectivity index (χ0) is 14.9. The Morgan fingerprint density at radius 1 is 0.864 bits per heavy atom. The summed E-state index contributed by atoms with van der Waals surface area (Å²) in [6.07, 6.45) is 2.47. The Morgan fingerprint density at radius 3 is 2.50 bits per heavy atom. The van der Waals surface area contributed by atoms with E-state index in [9.17, 15) is 4.79 Å². The fraction of sp³-hybridized carbons (Fsp3) is 0.0526. The number of aromatic nitrogens is 1. The summed E-state index contributed by atoms with van der Waals surface area (Å²) in [7, 11) is 0. The molecule has 0 atom stereocenters. The molecule has 0 aliphatic carbocycles. The third-order valence-corrected chi connectivity index (χ3v) is 3.79. The van der Waals surface area contributed by atoms with Gasteiger partial charge in [0.15, 0.2) is 0 Å². The van der Waals surface area contributed by atoms with Gasteiger partial charge in [-0.3, -0.25) is 4.98 Å². The molecular weight excluding hydrogens is 274 g/mol. The first-order valence-corrected chi connectivity index (χ1v) is 7.16. The molecule has 0 radical (unpaired) electrons. The quantitative estimate of drug-likeness (QED) is 0.414. The molecule has 0 unspecified atom stereocenters. The van der Waals surface area contributed by atoms with E-state index >= 15 is 0 Å². The van der Waals surface area contributed by atoms with Gasteiger partial charge in [-0.2, -0.15) is 0 Å². The van der Waals surface area contributed by atoms with Crippen LogP contribution in [0.25, 0.3) is 21.7 Å². The predicted molar refractivity (Wildman–Crippen MR) is 87.0 cm³/mol. The smallest absolute Gasteiger partial charge is 0.344 e. The van der Waals surface area contributed by atoms with Gasteiger partial charge in [0.25, 0.3) is 0 Å². The van der Waals surface area contributed by atoms with E-state index in [0.29, 0.717) is 17.4 Å². The minimum Gasteiger partial charge on any atom is -0.422 e. The molecule has 2 aromatic heterocycles. The maximum atomic E-state index is 12.2. The van der Waals surface area contributed by atoms with E-state index in [0.717, 1.165) is 16.5 Å². The van der Waals surface area contributed by atoms with Gasteiger partial charge in [-0.15, -0.1) is 0 Å². The maximum Gasteiger partial charge on any atom is 0.344 e. The standard InChI is InChI=1S/C19H13NO2/c21-19-16-11-14(10-13-6-2-1-3-7-13)20-12-17(16)15-8-4-5-9-18(15)22-19/h1-9,11-12H,10H2. The molecule has 0 saturated heterocycles. The number of pyridine rings is 1. The van der Waals surface area contributed by atoms with E-state index in [2.05, 4.69) is 17.1 Å². The Kier molecular flexibility index (Phi) is 2.97. The molecular formula is C19H13NO2. The van der Waals surface area contributed by atoms with E-state index < -0.39 is 0 Å². The SMILES string of the molecule is O=c1oc2ccccc2c2cnc(Cc3ccccc3)cc12. The van der Waals surface area contributed by atoms with E-state index in [4.69, 9.17) is 4.42 Å². The highest BCUT2D eigenvalue weighted by molar-refractivity contribution is 6.03. The molecule has 0 bridgehead atoms. The summed E-state index contributed by atoms with van der Waals surface area (Å²) in [5.74, 6) is 0. The average Bonchev–Trinajstić information content (AvgIpc) is 2.56. The molecule has 3 heteroatoms. The molecule has 4 rings (SSSR count). The van der Waals surface area contributed by atoms with Crippen LogP contribution in [0.4, 0.5) is 0 Å². The molecule has 0 spiro atoms. The predicted octanol–water partition coefficient (Wildman–Crippen LogP) is 3.93. The van der Waals surface area contributed by atoms with Gasteiger partial charge in [0.1, 0.15) is 5.58 Å². The van der Waals surface area contributed by atoms with Crippen molar-refractivity contribution in [2.45, 2.75) is 6.42 Å². The van der Waals surface area contributed by atoms with Crippen molar-refractivity contribution in [3.8, 4) is 0 Å². The van der Waals surface area contributed by atoms with Crippen LogP contribution in [0.1, 0.15) is 11.3 Å². The van der Waals surface area contributed by atoms with Gasteiger partial charge in [-0.1, -0.05) is 48.5 Å². The Hall–Kier alpha value is -2.94. The Bertz CT molecular complexity index is 1020. The molecule has 0 aliphatic rings. The van der Waals surface area contributed by atoms with Crippen molar-refractivity contribution >= 4 is 21.7 Å². The van der Waals surface area contributed by atoms with Crippen LogP contribution in [0.2, 0.25) is 0 Å². The number of rotatable bonds is 2. The van der Waals surface area contributed by atoms with Gasteiger partial charge in [-0.25, -0.2) is 4.79 Å². The van der Waals surface area contributed by atoms with Crippen molar-refractivity contribution in [3.63, 3.8) is 0 Å². The average molecular weight is 287 g/mol. The van der Waals surface area contributed by atoms with E-state index in [1.54, 1.807) is 12.3 Å². The van der Waals surface area contributed by atoms with Gasteiger partial charge in [-0.05, 0) is 17.7 Å². The van der Waals surface area contributed by atoms with Crippen LogP contribution in [0.5, 0.6) is 0 Å². The molecule has 0 N–H and O–H groups in total. The van der Waals surface area contributed by atoms with Crippen molar-refractivity contribution in [3.05, 3.63) is 88.5 Å². The summed E-state index contributed by atoms with van der Waals surface area (Å²) in [6, 6.07) is 19.4. The molecule has 4 aromatic rings. The zero-order valence-electron chi connectivity index (χ0n) is 11.8. The fourth-order valence-corrected chi connectivity index (χ4v) is 2.72. The minimum atomic E-state index is -0.314. The van der Waals surface area contributed by atoms with Crippen LogP contribution in [0, 0.1) is 0 Å². The van der Waals surface area contributed by atoms with Crippen LogP contribution in [0.15, 0.2) is 76.1 Å². The topological polar surface area (TPSA) is 43.1 Å². The number of fused-ring (bicyclic) bond motifs is 3. The zero-order valence-corrected chi connectivity index (χ0v) is 11.8. The van der Waals surface area contributed by atoms with Gasteiger partial charge in [0.2, 0.25) is 0 Å². The lowest BCUT2D eigenvalue weighted by molar-refractivity contribution is 0.569. The van der Waals surface area contributed by atoms with Crippen LogP contribution in [-0.4, -0.2) is 4.98 Å². The van der Waals surface area contributed by atoms with Crippen molar-refractivity contribution in [1.82, 2.24) is 4.98 Å². The van der Waals surface area contributed by atoms with Crippen LogP contribution >= 0.6 is 0 Å². The van der Waals surface area contributed by atoms with E-state index in [-0.39, 0.29) is 5.63 Å². The van der Waals surface area contributed by atoms with Gasteiger partial charge in [0, 0.05) is 29.1 Å². The lowest BCUT2D eigenvalue weighted by atomic mass is 10.1. The van der Waals surface area contributed by atoms with E-state index in [1.807, 2.05) is 42.5 Å². The Balaban J connectivity index is 1.89. The van der Waals surface area contributed by atoms with Gasteiger partial charge >= 0.3 is 5.63 Å². The largest absolute Gasteiger partial charge is 0.422 e. The van der Waals surface area contributed by atoms with Crippen molar-refractivity contribution in [1.29, 1.82) is 0 Å². The number of para-hydroxylation sites is 1. The molecule has 0 aliphatic heterocycles. The molecule has 0 amide bonds. The Labute approximate surface area is 126 Å². The molecule has 2 heterocycles. The fourth-order valence-electron chi connectivity index (χ4n) is 2.72. The third kappa shape index (κ3) is 2.17. The third-order valence-electron chi connectivity index (χ3n) is 3.79. The second-order valence-electron chi connectivity index (χ2n) is 5.27. The van der Waals surface area contributed by atoms with Crippen molar-refractivity contribution in [2.75, 3.05) is 0 Å².